The van der Waals surface area contributed by atoms with Crippen LogP contribution in [0.2, 0.25) is 0 Å². The molecule has 0 aromatic heterocycles. The van der Waals surface area contributed by atoms with Crippen molar-refractivity contribution in [3.8, 4) is 0 Å². The molecule has 0 aliphatic carbocycles. The summed E-state index contributed by atoms with van der Waals surface area (Å²) < 4.78 is 4.83. The molecule has 0 atom stereocenters. The Morgan fingerprint density at radius 3 is 2.94 bits per heavy atom. The number of urea groups is 1. The zero-order valence-corrected chi connectivity index (χ0v) is 10.8. The molecule has 0 unspecified atom stereocenters. The van der Waals surface area contributed by atoms with Crippen LogP contribution in [0.5, 0.6) is 0 Å². The molecule has 18 heavy (non-hydrogen) atoms. The number of methoxy groups -OCH3 is 1. The van der Waals surface area contributed by atoms with E-state index in [4.69, 9.17) is 4.74 Å². The Balaban J connectivity index is 1.91. The lowest BCUT2D eigenvalue weighted by Gasteiger charge is -2.14. The van der Waals surface area contributed by atoms with Gasteiger partial charge in [0, 0.05) is 52.8 Å². The Morgan fingerprint density at radius 2 is 2.28 bits per heavy atom. The monoisotopic (exact) mass is 258 g/mol. The Hall–Kier alpha value is -1.34. The fourth-order valence-electron chi connectivity index (χ4n) is 1.65. The summed E-state index contributed by atoms with van der Waals surface area (Å²) in [6.07, 6.45) is 0.440. The second-order valence-corrected chi connectivity index (χ2v) is 4.06. The molecule has 0 saturated carbocycles. The first kappa shape index (κ1) is 14.7. The largest absolute Gasteiger partial charge is 0.383 e. The molecule has 7 heteroatoms. The standard InChI is InChI=1S/C11H22N4O3/c1-18-9-6-13-10(16)2-3-12-4-7-15-8-5-14-11(15)17/h12H,2-9H2,1H3,(H,13,16)(H,14,17). The van der Waals surface area contributed by atoms with E-state index in [2.05, 4.69) is 16.0 Å². The van der Waals surface area contributed by atoms with E-state index < -0.39 is 0 Å². The molecule has 1 heterocycles. The van der Waals surface area contributed by atoms with E-state index in [1.54, 1.807) is 12.0 Å². The molecule has 0 aromatic carbocycles. The zero-order chi connectivity index (χ0) is 13.2. The van der Waals surface area contributed by atoms with Crippen LogP contribution in [0.15, 0.2) is 0 Å². The second kappa shape index (κ2) is 8.71. The highest BCUT2D eigenvalue weighted by molar-refractivity contribution is 5.76. The summed E-state index contributed by atoms with van der Waals surface area (Å²) in [7, 11) is 1.60. The van der Waals surface area contributed by atoms with Gasteiger partial charge in [-0.1, -0.05) is 0 Å². The molecule has 1 fully saturated rings. The molecule has 104 valence electrons. The molecule has 0 radical (unpaired) electrons. The fraction of sp³-hybridized carbons (Fsp3) is 0.818. The molecule has 3 amide bonds. The van der Waals surface area contributed by atoms with Gasteiger partial charge in [0.05, 0.1) is 6.61 Å². The lowest BCUT2D eigenvalue weighted by molar-refractivity contribution is -0.121. The summed E-state index contributed by atoms with van der Waals surface area (Å²) in [5, 5.41) is 8.63. The lowest BCUT2D eigenvalue weighted by atomic mass is 10.4. The number of amides is 3. The van der Waals surface area contributed by atoms with E-state index in [9.17, 15) is 9.59 Å². The quantitative estimate of drug-likeness (QED) is 0.452. The highest BCUT2D eigenvalue weighted by atomic mass is 16.5. The van der Waals surface area contributed by atoms with Gasteiger partial charge in [-0.3, -0.25) is 4.79 Å². The predicted molar refractivity (Wildman–Crippen MR) is 67.3 cm³/mol. The molecule has 7 nitrogen and oxygen atoms in total. The van der Waals surface area contributed by atoms with Crippen LogP contribution in [0.3, 0.4) is 0 Å². The van der Waals surface area contributed by atoms with Crippen LogP contribution in [0.25, 0.3) is 0 Å². The number of hydrogen-bond acceptors (Lipinski definition) is 4. The van der Waals surface area contributed by atoms with E-state index in [0.717, 1.165) is 13.1 Å². The smallest absolute Gasteiger partial charge is 0.317 e. The highest BCUT2D eigenvalue weighted by Crippen LogP contribution is 1.94. The summed E-state index contributed by atoms with van der Waals surface area (Å²) in [6, 6.07) is -0.00545. The van der Waals surface area contributed by atoms with Crippen LogP contribution < -0.4 is 16.0 Å². The van der Waals surface area contributed by atoms with E-state index in [-0.39, 0.29) is 11.9 Å². The Bertz CT molecular complexity index is 273. The molecule has 1 aliphatic rings. The average molecular weight is 258 g/mol. The maximum atomic E-state index is 11.3. The molecular weight excluding hydrogens is 236 g/mol. The van der Waals surface area contributed by atoms with Gasteiger partial charge in [-0.2, -0.15) is 0 Å². The molecule has 1 aliphatic heterocycles. The first-order valence-corrected chi connectivity index (χ1v) is 6.23. The van der Waals surface area contributed by atoms with Crippen LogP contribution in [-0.4, -0.2) is 69.8 Å². The number of ether oxygens (including phenoxy) is 1. The third-order valence-electron chi connectivity index (χ3n) is 2.66. The van der Waals surface area contributed by atoms with Crippen molar-refractivity contribution in [2.45, 2.75) is 6.42 Å². The van der Waals surface area contributed by atoms with Gasteiger partial charge in [0.15, 0.2) is 0 Å². The summed E-state index contributed by atoms with van der Waals surface area (Å²) in [6.45, 7) is 4.56. The number of nitrogens with one attached hydrogen (secondary N) is 3. The van der Waals surface area contributed by atoms with Crippen LogP contribution in [0.4, 0.5) is 4.79 Å². The van der Waals surface area contributed by atoms with Crippen LogP contribution in [-0.2, 0) is 9.53 Å². The van der Waals surface area contributed by atoms with Crippen molar-refractivity contribution in [2.24, 2.45) is 0 Å². The van der Waals surface area contributed by atoms with Gasteiger partial charge >= 0.3 is 6.03 Å². The summed E-state index contributed by atoms with van der Waals surface area (Å²) in [4.78, 5) is 24.3. The van der Waals surface area contributed by atoms with Gasteiger partial charge in [-0.15, -0.1) is 0 Å². The zero-order valence-electron chi connectivity index (χ0n) is 10.8. The number of nitrogens with zero attached hydrogens (tertiary/aromatic N) is 1. The number of carbonyl (C=O) groups is 2. The van der Waals surface area contributed by atoms with Gasteiger partial charge in [-0.05, 0) is 0 Å². The van der Waals surface area contributed by atoms with Gasteiger partial charge in [-0.25, -0.2) is 4.79 Å². The van der Waals surface area contributed by atoms with Crippen molar-refractivity contribution in [3.05, 3.63) is 0 Å². The molecule has 3 N–H and O–H groups in total. The first-order valence-electron chi connectivity index (χ1n) is 6.23. The van der Waals surface area contributed by atoms with Crippen molar-refractivity contribution in [1.29, 1.82) is 0 Å². The van der Waals surface area contributed by atoms with Crippen molar-refractivity contribution >= 4 is 11.9 Å². The van der Waals surface area contributed by atoms with Gasteiger partial charge < -0.3 is 25.6 Å². The second-order valence-electron chi connectivity index (χ2n) is 4.06. The number of carbonyl (C=O) groups excluding carboxylic acids is 2. The van der Waals surface area contributed by atoms with Crippen molar-refractivity contribution in [2.75, 3.05) is 53.0 Å². The third-order valence-corrected chi connectivity index (χ3v) is 2.66. The first-order chi connectivity index (χ1) is 8.74. The Morgan fingerprint density at radius 1 is 1.44 bits per heavy atom. The summed E-state index contributed by atoms with van der Waals surface area (Å²) in [5.41, 5.74) is 0. The molecule has 1 rings (SSSR count). The van der Waals surface area contributed by atoms with Gasteiger partial charge in [0.2, 0.25) is 5.91 Å². The normalized spacial score (nSPS) is 14.7. The molecule has 0 bridgehead atoms. The van der Waals surface area contributed by atoms with E-state index in [1.807, 2.05) is 0 Å². The summed E-state index contributed by atoms with van der Waals surface area (Å²) >= 11 is 0. The maximum Gasteiger partial charge on any atom is 0.317 e. The number of hydrogen-bond donors (Lipinski definition) is 3. The van der Waals surface area contributed by atoms with Crippen LogP contribution in [0, 0.1) is 0 Å². The molecule has 0 aromatic rings. The van der Waals surface area contributed by atoms with Gasteiger partial charge in [0.1, 0.15) is 0 Å². The average Bonchev–Trinajstić information content (AvgIpc) is 2.75. The van der Waals surface area contributed by atoms with E-state index in [0.29, 0.717) is 39.2 Å². The summed E-state index contributed by atoms with van der Waals surface area (Å²) in [5.74, 6) is 0.0125. The van der Waals surface area contributed by atoms with Crippen molar-refractivity contribution in [1.82, 2.24) is 20.9 Å². The molecule has 1 saturated heterocycles. The lowest BCUT2D eigenvalue weighted by Crippen LogP contribution is -2.36. The highest BCUT2D eigenvalue weighted by Gasteiger charge is 2.17. The minimum atomic E-state index is -0.00545. The molecule has 0 spiro atoms. The Kier molecular flexibility index (Phi) is 7.12. The van der Waals surface area contributed by atoms with E-state index >= 15 is 0 Å². The van der Waals surface area contributed by atoms with Crippen LogP contribution >= 0.6 is 0 Å². The maximum absolute atomic E-state index is 11.3. The minimum Gasteiger partial charge on any atom is -0.383 e. The van der Waals surface area contributed by atoms with Crippen LogP contribution in [0.1, 0.15) is 6.42 Å². The molecular formula is C11H22N4O3. The fourth-order valence-corrected chi connectivity index (χ4v) is 1.65. The third kappa shape index (κ3) is 5.83. The topological polar surface area (TPSA) is 82.7 Å². The van der Waals surface area contributed by atoms with Crippen molar-refractivity contribution in [3.63, 3.8) is 0 Å². The SMILES string of the molecule is COCCNC(=O)CCNCCN1CCNC1=O. The number of rotatable bonds is 9. The minimum absolute atomic E-state index is 0.00545. The predicted octanol–water partition coefficient (Wildman–Crippen LogP) is -1.25. The Labute approximate surface area is 107 Å². The van der Waals surface area contributed by atoms with E-state index in [1.165, 1.54) is 0 Å². The van der Waals surface area contributed by atoms with Gasteiger partial charge in [0.25, 0.3) is 0 Å². The van der Waals surface area contributed by atoms with Crippen molar-refractivity contribution < 1.29 is 14.3 Å².